The standard InChI is InChI=1S/C24H21N3O7/c1-2-3-4-5-16(28)34-22-18-17(21(29)19-20(22)26-9-8-25-19)23(30)27(24(18)31)11-13-6-7-14-15(10-13)33-12-32-14/h6-10,29H,2-5,11-12H2,1H3. The van der Waals surface area contributed by atoms with Crippen molar-refractivity contribution in [3.8, 4) is 23.0 Å². The Morgan fingerprint density at radius 2 is 1.79 bits per heavy atom. The first-order valence-electron chi connectivity index (χ1n) is 10.9. The van der Waals surface area contributed by atoms with Crippen molar-refractivity contribution in [2.75, 3.05) is 6.79 Å². The number of carbonyl (C=O) groups excluding carboxylic acids is 3. The highest BCUT2D eigenvalue weighted by atomic mass is 16.7. The number of unbranched alkanes of at least 4 members (excludes halogenated alkanes) is 2. The monoisotopic (exact) mass is 463 g/mol. The highest BCUT2D eigenvalue weighted by Crippen LogP contribution is 2.43. The van der Waals surface area contributed by atoms with Crippen molar-refractivity contribution in [2.24, 2.45) is 0 Å². The Morgan fingerprint density at radius 1 is 1.06 bits per heavy atom. The number of aromatic nitrogens is 2. The summed E-state index contributed by atoms with van der Waals surface area (Å²) in [6, 6.07) is 5.09. The van der Waals surface area contributed by atoms with E-state index >= 15 is 0 Å². The van der Waals surface area contributed by atoms with Crippen molar-refractivity contribution in [1.82, 2.24) is 14.9 Å². The van der Waals surface area contributed by atoms with E-state index in [4.69, 9.17) is 14.2 Å². The highest BCUT2D eigenvalue weighted by Gasteiger charge is 2.43. The minimum atomic E-state index is -0.717. The summed E-state index contributed by atoms with van der Waals surface area (Å²) in [4.78, 5) is 48.4. The van der Waals surface area contributed by atoms with Gasteiger partial charge in [0.25, 0.3) is 11.8 Å². The normalized spacial score (nSPS) is 14.1. The second kappa shape index (κ2) is 8.62. The number of ether oxygens (including phenoxy) is 3. The SMILES string of the molecule is CCCCCC(=O)Oc1c2c(c(O)c3nccnc13)C(=O)N(Cc1ccc3c(c1)OCO3)C2=O. The van der Waals surface area contributed by atoms with Crippen molar-refractivity contribution < 1.29 is 33.7 Å². The van der Waals surface area contributed by atoms with Gasteiger partial charge < -0.3 is 19.3 Å². The van der Waals surface area contributed by atoms with Gasteiger partial charge in [-0.05, 0) is 24.1 Å². The van der Waals surface area contributed by atoms with Gasteiger partial charge in [0.05, 0.1) is 6.54 Å². The number of hydrogen-bond acceptors (Lipinski definition) is 9. The van der Waals surface area contributed by atoms with E-state index in [2.05, 4.69) is 9.97 Å². The molecule has 174 valence electrons. The van der Waals surface area contributed by atoms with Crippen LogP contribution < -0.4 is 14.2 Å². The smallest absolute Gasteiger partial charge is 0.311 e. The molecule has 0 saturated heterocycles. The average Bonchev–Trinajstić information content (AvgIpc) is 3.40. The van der Waals surface area contributed by atoms with Crippen molar-refractivity contribution >= 4 is 28.8 Å². The molecule has 0 fully saturated rings. The largest absolute Gasteiger partial charge is 0.505 e. The molecule has 2 aliphatic heterocycles. The zero-order chi connectivity index (χ0) is 23.8. The zero-order valence-corrected chi connectivity index (χ0v) is 18.4. The van der Waals surface area contributed by atoms with Gasteiger partial charge in [0.15, 0.2) is 23.0 Å². The first-order chi connectivity index (χ1) is 16.5. The summed E-state index contributed by atoms with van der Waals surface area (Å²) in [5, 5.41) is 10.8. The van der Waals surface area contributed by atoms with Crippen LogP contribution in [-0.4, -0.2) is 44.6 Å². The van der Waals surface area contributed by atoms with Crippen molar-refractivity contribution in [3.05, 3.63) is 47.3 Å². The van der Waals surface area contributed by atoms with Crippen LogP contribution in [0.3, 0.4) is 0 Å². The number of nitrogens with zero attached hydrogens (tertiary/aromatic N) is 3. The third kappa shape index (κ3) is 3.57. The number of phenolic OH excluding ortho intramolecular Hbond substituents is 1. The summed E-state index contributed by atoms with van der Waals surface area (Å²) < 4.78 is 16.2. The van der Waals surface area contributed by atoms with E-state index in [1.807, 2.05) is 6.92 Å². The van der Waals surface area contributed by atoms with Gasteiger partial charge in [-0.2, -0.15) is 0 Å². The second-order valence-corrected chi connectivity index (χ2v) is 8.00. The number of fused-ring (bicyclic) bond motifs is 3. The number of rotatable bonds is 7. The summed E-state index contributed by atoms with van der Waals surface area (Å²) >= 11 is 0. The van der Waals surface area contributed by atoms with Gasteiger partial charge in [0.1, 0.15) is 22.2 Å². The van der Waals surface area contributed by atoms with Crippen LogP contribution in [0.5, 0.6) is 23.0 Å². The van der Waals surface area contributed by atoms with Crippen LogP contribution in [-0.2, 0) is 11.3 Å². The summed E-state index contributed by atoms with van der Waals surface area (Å²) in [5.74, 6) is -1.52. The fraction of sp³-hybridized carbons (Fsp3) is 0.292. The zero-order valence-electron chi connectivity index (χ0n) is 18.4. The molecule has 10 heteroatoms. The molecule has 3 heterocycles. The average molecular weight is 463 g/mol. The number of amides is 2. The van der Waals surface area contributed by atoms with Crippen LogP contribution in [0.1, 0.15) is 58.9 Å². The summed E-state index contributed by atoms with van der Waals surface area (Å²) in [6.07, 6.45) is 5.25. The van der Waals surface area contributed by atoms with Crippen molar-refractivity contribution in [2.45, 2.75) is 39.2 Å². The van der Waals surface area contributed by atoms with Crippen LogP contribution in [0.4, 0.5) is 0 Å². The molecule has 1 aromatic heterocycles. The predicted molar refractivity (Wildman–Crippen MR) is 118 cm³/mol. The van der Waals surface area contributed by atoms with Crippen molar-refractivity contribution in [1.29, 1.82) is 0 Å². The molecule has 5 rings (SSSR count). The maximum atomic E-state index is 13.4. The minimum absolute atomic E-state index is 0.0244. The molecule has 0 unspecified atom stereocenters. The molecule has 3 aromatic rings. The number of imide groups is 1. The lowest BCUT2D eigenvalue weighted by atomic mass is 10.0. The van der Waals surface area contributed by atoms with Gasteiger partial charge >= 0.3 is 5.97 Å². The molecule has 0 saturated carbocycles. The van der Waals surface area contributed by atoms with Crippen LogP contribution in [0.25, 0.3) is 11.0 Å². The van der Waals surface area contributed by atoms with Gasteiger partial charge in [-0.25, -0.2) is 9.97 Å². The molecule has 0 bridgehead atoms. The summed E-state index contributed by atoms with van der Waals surface area (Å²) in [5.41, 5.74) is 0.185. The second-order valence-electron chi connectivity index (χ2n) is 8.00. The predicted octanol–water partition coefficient (Wildman–Crippen LogP) is 3.35. The molecule has 2 amide bonds. The van der Waals surface area contributed by atoms with Crippen LogP contribution in [0.2, 0.25) is 0 Å². The van der Waals surface area contributed by atoms with Crippen molar-refractivity contribution in [3.63, 3.8) is 0 Å². The third-order valence-electron chi connectivity index (χ3n) is 5.75. The Balaban J connectivity index is 1.54. The number of benzene rings is 2. The highest BCUT2D eigenvalue weighted by molar-refractivity contribution is 6.26. The molecule has 2 aliphatic rings. The molecule has 0 aliphatic carbocycles. The van der Waals surface area contributed by atoms with Gasteiger partial charge in [-0.1, -0.05) is 25.8 Å². The molecule has 10 nitrogen and oxygen atoms in total. The number of carbonyl (C=O) groups is 3. The maximum Gasteiger partial charge on any atom is 0.311 e. The summed E-state index contributed by atoms with van der Waals surface area (Å²) in [7, 11) is 0. The topological polar surface area (TPSA) is 128 Å². The van der Waals surface area contributed by atoms with Gasteiger partial charge in [0.2, 0.25) is 6.79 Å². The minimum Gasteiger partial charge on any atom is -0.505 e. The van der Waals surface area contributed by atoms with Crippen LogP contribution in [0, 0.1) is 0 Å². The Labute approximate surface area is 194 Å². The van der Waals surface area contributed by atoms with E-state index in [1.165, 1.54) is 12.4 Å². The van der Waals surface area contributed by atoms with E-state index in [0.717, 1.165) is 17.7 Å². The van der Waals surface area contributed by atoms with E-state index in [-0.39, 0.29) is 47.7 Å². The summed E-state index contributed by atoms with van der Waals surface area (Å²) in [6.45, 7) is 2.03. The lowest BCUT2D eigenvalue weighted by molar-refractivity contribution is -0.134. The lowest BCUT2D eigenvalue weighted by Gasteiger charge is -2.14. The Morgan fingerprint density at radius 3 is 2.59 bits per heavy atom. The fourth-order valence-electron chi connectivity index (χ4n) is 4.07. The van der Waals surface area contributed by atoms with E-state index in [1.54, 1.807) is 18.2 Å². The number of hydrogen-bond donors (Lipinski definition) is 1. The molecule has 0 radical (unpaired) electrons. The van der Waals surface area contributed by atoms with Crippen LogP contribution in [0.15, 0.2) is 30.6 Å². The molecule has 0 spiro atoms. The van der Waals surface area contributed by atoms with E-state index < -0.39 is 23.5 Å². The first-order valence-corrected chi connectivity index (χ1v) is 10.9. The number of phenols is 1. The third-order valence-corrected chi connectivity index (χ3v) is 5.75. The van der Waals surface area contributed by atoms with Gasteiger partial charge in [-0.15, -0.1) is 0 Å². The number of aromatic hydroxyl groups is 1. The quantitative estimate of drug-likeness (QED) is 0.243. The first kappa shape index (κ1) is 21.6. The Bertz CT molecular complexity index is 1340. The lowest BCUT2D eigenvalue weighted by Crippen LogP contribution is -2.29. The van der Waals surface area contributed by atoms with Gasteiger partial charge in [0, 0.05) is 18.8 Å². The molecule has 0 atom stereocenters. The number of esters is 1. The van der Waals surface area contributed by atoms with E-state index in [0.29, 0.717) is 23.5 Å². The van der Waals surface area contributed by atoms with Gasteiger partial charge in [-0.3, -0.25) is 19.3 Å². The van der Waals surface area contributed by atoms with Crippen LogP contribution >= 0.6 is 0 Å². The Kier molecular flexibility index (Phi) is 5.48. The van der Waals surface area contributed by atoms with E-state index in [9.17, 15) is 19.5 Å². The molecule has 2 aromatic carbocycles. The maximum absolute atomic E-state index is 13.4. The fourth-order valence-corrected chi connectivity index (χ4v) is 4.07. The molecular weight excluding hydrogens is 442 g/mol. The Hall–Kier alpha value is -4.21. The molecule has 1 N–H and O–H groups in total. The molecular formula is C24H21N3O7. The molecule has 34 heavy (non-hydrogen) atoms.